The molecule has 0 saturated carbocycles. The van der Waals surface area contributed by atoms with Crippen LogP contribution in [-0.4, -0.2) is 5.11 Å². The predicted molar refractivity (Wildman–Crippen MR) is 76.4 cm³/mol. The zero-order chi connectivity index (χ0) is 13.3. The molecule has 4 heteroatoms. The largest absolute Gasteiger partial charge is 0.384 e. The molecule has 1 aromatic carbocycles. The molecule has 1 N–H and O–H groups in total. The number of aliphatic hydroxyl groups is 1. The Kier molecular flexibility index (Phi) is 3.90. The average Bonchev–Trinajstić information content (AvgIpc) is 2.71. The Labute approximate surface area is 118 Å². The number of aryl methyl sites for hydroxylation is 1. The lowest BCUT2D eigenvalue weighted by atomic mass is 9.95. The van der Waals surface area contributed by atoms with Gasteiger partial charge >= 0.3 is 0 Å². The number of thiophene rings is 1. The Morgan fingerprint density at radius 2 is 2.06 bits per heavy atom. The molecule has 0 amide bonds. The predicted octanol–water partition coefficient (Wildman–Crippen LogP) is 4.41. The summed E-state index contributed by atoms with van der Waals surface area (Å²) < 4.78 is 14.0. The van der Waals surface area contributed by atoms with Crippen LogP contribution < -0.4 is 0 Å². The summed E-state index contributed by atoms with van der Waals surface area (Å²) in [5.41, 5.74) is -0.207. The molecule has 0 fully saturated rings. The lowest BCUT2D eigenvalue weighted by Crippen LogP contribution is -2.23. The van der Waals surface area contributed by atoms with Gasteiger partial charge in [-0.05, 0) is 49.7 Å². The standard InChI is InChI=1S/C14H14BrFOS/c1-9-3-6-13(18-9)14(2,17)8-10-7-11(16)4-5-12(10)15/h3-7,17H,8H2,1-2H3. The maximum Gasteiger partial charge on any atom is 0.123 e. The number of hydrogen-bond donors (Lipinski definition) is 1. The van der Waals surface area contributed by atoms with E-state index in [1.54, 1.807) is 24.3 Å². The van der Waals surface area contributed by atoms with E-state index < -0.39 is 5.60 Å². The molecule has 0 aliphatic carbocycles. The van der Waals surface area contributed by atoms with Gasteiger partial charge in [-0.25, -0.2) is 4.39 Å². The van der Waals surface area contributed by atoms with Crippen molar-refractivity contribution in [1.82, 2.24) is 0 Å². The van der Waals surface area contributed by atoms with Gasteiger partial charge in [-0.2, -0.15) is 0 Å². The molecule has 0 saturated heterocycles. The molecule has 1 unspecified atom stereocenters. The Balaban J connectivity index is 2.29. The third-order valence-corrected chi connectivity index (χ3v) is 4.84. The first-order valence-electron chi connectivity index (χ1n) is 5.62. The van der Waals surface area contributed by atoms with Crippen molar-refractivity contribution in [3.63, 3.8) is 0 Å². The molecule has 1 heterocycles. The van der Waals surface area contributed by atoms with Crippen molar-refractivity contribution in [3.8, 4) is 0 Å². The van der Waals surface area contributed by atoms with E-state index >= 15 is 0 Å². The smallest absolute Gasteiger partial charge is 0.123 e. The third-order valence-electron chi connectivity index (χ3n) is 2.81. The van der Waals surface area contributed by atoms with Gasteiger partial charge in [0.15, 0.2) is 0 Å². The van der Waals surface area contributed by atoms with Crippen molar-refractivity contribution < 1.29 is 9.50 Å². The quantitative estimate of drug-likeness (QED) is 0.884. The molecule has 0 aliphatic heterocycles. The summed E-state index contributed by atoms with van der Waals surface area (Å²) in [6.07, 6.45) is 0.380. The molecule has 18 heavy (non-hydrogen) atoms. The van der Waals surface area contributed by atoms with E-state index in [9.17, 15) is 9.50 Å². The van der Waals surface area contributed by atoms with Crippen LogP contribution in [0.1, 0.15) is 22.2 Å². The van der Waals surface area contributed by atoms with Crippen LogP contribution in [0.4, 0.5) is 4.39 Å². The van der Waals surface area contributed by atoms with Crippen LogP contribution >= 0.6 is 27.3 Å². The minimum Gasteiger partial charge on any atom is -0.384 e. The fourth-order valence-corrected chi connectivity index (χ4v) is 3.16. The van der Waals surface area contributed by atoms with Crippen LogP contribution in [-0.2, 0) is 12.0 Å². The number of benzene rings is 1. The minimum absolute atomic E-state index is 0.286. The molecule has 96 valence electrons. The molecule has 0 spiro atoms. The maximum absolute atomic E-state index is 13.2. The van der Waals surface area contributed by atoms with Crippen LogP contribution in [0.25, 0.3) is 0 Å². The van der Waals surface area contributed by atoms with Crippen LogP contribution in [0.5, 0.6) is 0 Å². The Morgan fingerprint density at radius 3 is 2.67 bits per heavy atom. The number of hydrogen-bond acceptors (Lipinski definition) is 2. The SMILES string of the molecule is Cc1ccc(C(C)(O)Cc2cc(F)ccc2Br)s1. The molecule has 2 aromatic rings. The Morgan fingerprint density at radius 1 is 1.33 bits per heavy atom. The van der Waals surface area contributed by atoms with Crippen molar-refractivity contribution in [2.75, 3.05) is 0 Å². The average molecular weight is 329 g/mol. The Bertz CT molecular complexity index is 563. The molecule has 2 rings (SSSR count). The van der Waals surface area contributed by atoms with Crippen molar-refractivity contribution in [1.29, 1.82) is 0 Å². The van der Waals surface area contributed by atoms with E-state index in [1.807, 2.05) is 19.1 Å². The van der Waals surface area contributed by atoms with Crippen molar-refractivity contribution in [3.05, 3.63) is 55.9 Å². The van der Waals surface area contributed by atoms with E-state index in [4.69, 9.17) is 0 Å². The van der Waals surface area contributed by atoms with Crippen LogP contribution in [0.15, 0.2) is 34.8 Å². The van der Waals surface area contributed by atoms with Gasteiger partial charge in [-0.15, -0.1) is 11.3 Å². The maximum atomic E-state index is 13.2. The fraction of sp³-hybridized carbons (Fsp3) is 0.286. The second-order valence-electron chi connectivity index (χ2n) is 4.60. The van der Waals surface area contributed by atoms with Crippen molar-refractivity contribution in [2.24, 2.45) is 0 Å². The number of halogens is 2. The fourth-order valence-electron chi connectivity index (χ4n) is 1.86. The molecule has 0 radical (unpaired) electrons. The second kappa shape index (κ2) is 5.11. The van der Waals surface area contributed by atoms with Crippen LogP contribution in [0, 0.1) is 12.7 Å². The second-order valence-corrected chi connectivity index (χ2v) is 6.74. The van der Waals surface area contributed by atoms with Gasteiger partial charge in [0.25, 0.3) is 0 Å². The van der Waals surface area contributed by atoms with E-state index in [1.165, 1.54) is 12.1 Å². The first-order valence-corrected chi connectivity index (χ1v) is 7.23. The summed E-state index contributed by atoms with van der Waals surface area (Å²) in [5.74, 6) is -0.286. The van der Waals surface area contributed by atoms with Crippen LogP contribution in [0.3, 0.4) is 0 Å². The molecule has 0 aliphatic rings. The molecule has 0 bridgehead atoms. The van der Waals surface area contributed by atoms with E-state index in [0.717, 1.165) is 19.8 Å². The van der Waals surface area contributed by atoms with E-state index in [-0.39, 0.29) is 5.82 Å². The molecule has 1 atom stereocenters. The normalized spacial score (nSPS) is 14.5. The summed E-state index contributed by atoms with van der Waals surface area (Å²) in [7, 11) is 0. The van der Waals surface area contributed by atoms with Crippen molar-refractivity contribution in [2.45, 2.75) is 25.9 Å². The molecular weight excluding hydrogens is 315 g/mol. The zero-order valence-corrected chi connectivity index (χ0v) is 12.6. The van der Waals surface area contributed by atoms with Gasteiger partial charge in [0, 0.05) is 20.6 Å². The highest BCUT2D eigenvalue weighted by atomic mass is 79.9. The van der Waals surface area contributed by atoms with Crippen LogP contribution in [0.2, 0.25) is 0 Å². The Hall–Kier alpha value is -0.710. The van der Waals surface area contributed by atoms with E-state index in [0.29, 0.717) is 6.42 Å². The first-order chi connectivity index (χ1) is 8.38. The summed E-state index contributed by atoms with van der Waals surface area (Å²) in [5, 5.41) is 10.5. The minimum atomic E-state index is -0.977. The summed E-state index contributed by atoms with van der Waals surface area (Å²) >= 11 is 4.95. The summed E-state index contributed by atoms with van der Waals surface area (Å²) in [6, 6.07) is 8.43. The monoisotopic (exact) mass is 328 g/mol. The van der Waals surface area contributed by atoms with Gasteiger partial charge in [0.05, 0.1) is 5.60 Å². The van der Waals surface area contributed by atoms with Gasteiger partial charge in [-0.1, -0.05) is 15.9 Å². The van der Waals surface area contributed by atoms with Gasteiger partial charge in [-0.3, -0.25) is 0 Å². The first kappa shape index (κ1) is 13.7. The van der Waals surface area contributed by atoms with Gasteiger partial charge in [0.1, 0.15) is 5.82 Å². The highest BCUT2D eigenvalue weighted by Gasteiger charge is 2.26. The molecule has 1 nitrogen and oxygen atoms in total. The highest BCUT2D eigenvalue weighted by Crippen LogP contribution is 2.33. The summed E-state index contributed by atoms with van der Waals surface area (Å²) in [6.45, 7) is 3.76. The van der Waals surface area contributed by atoms with E-state index in [2.05, 4.69) is 15.9 Å². The van der Waals surface area contributed by atoms with Crippen molar-refractivity contribution >= 4 is 27.3 Å². The lowest BCUT2D eigenvalue weighted by Gasteiger charge is -2.22. The topological polar surface area (TPSA) is 20.2 Å². The number of rotatable bonds is 3. The zero-order valence-electron chi connectivity index (χ0n) is 10.2. The third kappa shape index (κ3) is 2.99. The lowest BCUT2D eigenvalue weighted by molar-refractivity contribution is 0.0612. The highest BCUT2D eigenvalue weighted by molar-refractivity contribution is 9.10. The van der Waals surface area contributed by atoms with Gasteiger partial charge in [0.2, 0.25) is 0 Å². The summed E-state index contributed by atoms with van der Waals surface area (Å²) in [4.78, 5) is 2.06. The molecular formula is C14H14BrFOS. The van der Waals surface area contributed by atoms with Gasteiger partial charge < -0.3 is 5.11 Å². The molecule has 1 aromatic heterocycles.